The number of carbonyl (C=O) groups excluding carboxylic acids is 1. The molecule has 7 nitrogen and oxygen atoms in total. The van der Waals surface area contributed by atoms with Crippen molar-refractivity contribution in [1.82, 2.24) is 14.8 Å². The summed E-state index contributed by atoms with van der Waals surface area (Å²) in [5.41, 5.74) is 0. The topological polar surface area (TPSA) is 89.6 Å². The van der Waals surface area contributed by atoms with Crippen molar-refractivity contribution < 1.29 is 14.7 Å². The molecular weight excluding hydrogens is 176 g/mol. The van der Waals surface area contributed by atoms with Gasteiger partial charge in [0.05, 0.1) is 6.61 Å². The van der Waals surface area contributed by atoms with Gasteiger partial charge in [0.1, 0.15) is 12.7 Å². The molecule has 70 valence electrons. The quantitative estimate of drug-likeness (QED) is 0.208. The molecule has 13 heavy (non-hydrogen) atoms. The molecule has 0 amide bonds. The van der Waals surface area contributed by atoms with E-state index in [4.69, 9.17) is 5.21 Å². The van der Waals surface area contributed by atoms with Crippen LogP contribution in [0.5, 0.6) is 0 Å². The van der Waals surface area contributed by atoms with Crippen molar-refractivity contribution in [3.63, 3.8) is 0 Å². The van der Waals surface area contributed by atoms with Gasteiger partial charge in [0.25, 0.3) is 5.84 Å². The molecule has 0 atom stereocenters. The maximum absolute atomic E-state index is 11.1. The van der Waals surface area contributed by atoms with Crippen LogP contribution in [0.1, 0.15) is 6.92 Å². The Bertz CT molecular complexity index is 306. The summed E-state index contributed by atoms with van der Waals surface area (Å²) in [6.45, 7) is 1.85. The van der Waals surface area contributed by atoms with Gasteiger partial charge in [0, 0.05) is 0 Å². The van der Waals surface area contributed by atoms with Crippen LogP contribution < -0.4 is 0 Å². The van der Waals surface area contributed by atoms with Crippen molar-refractivity contribution in [2.75, 3.05) is 6.61 Å². The summed E-state index contributed by atoms with van der Waals surface area (Å²) in [6.07, 6.45) is 2.44. The van der Waals surface area contributed by atoms with E-state index in [1.54, 1.807) is 6.92 Å². The van der Waals surface area contributed by atoms with Crippen LogP contribution in [-0.4, -0.2) is 38.4 Å². The monoisotopic (exact) mass is 184 g/mol. The van der Waals surface area contributed by atoms with Crippen molar-refractivity contribution in [2.24, 2.45) is 5.16 Å². The first-order valence-corrected chi connectivity index (χ1v) is 3.53. The van der Waals surface area contributed by atoms with Gasteiger partial charge in [-0.2, -0.15) is 9.78 Å². The zero-order chi connectivity index (χ0) is 9.68. The van der Waals surface area contributed by atoms with Gasteiger partial charge in [-0.25, -0.2) is 9.78 Å². The van der Waals surface area contributed by atoms with E-state index in [0.29, 0.717) is 0 Å². The summed E-state index contributed by atoms with van der Waals surface area (Å²) in [4.78, 5) is 14.7. The Labute approximate surface area is 73.6 Å². The number of ether oxygens (including phenoxy) is 1. The molecule has 0 aliphatic heterocycles. The Morgan fingerprint density at radius 2 is 2.54 bits per heavy atom. The molecule has 0 aliphatic rings. The van der Waals surface area contributed by atoms with E-state index >= 15 is 0 Å². The largest absolute Gasteiger partial charge is 0.460 e. The van der Waals surface area contributed by atoms with E-state index in [1.807, 2.05) is 0 Å². The van der Waals surface area contributed by atoms with Gasteiger partial charge in [-0.3, -0.25) is 0 Å². The second-order valence-corrected chi connectivity index (χ2v) is 1.98. The molecule has 1 rings (SSSR count). The van der Waals surface area contributed by atoms with Crippen molar-refractivity contribution in [1.29, 1.82) is 0 Å². The number of esters is 1. The van der Waals surface area contributed by atoms with Gasteiger partial charge in [0.15, 0.2) is 0 Å². The van der Waals surface area contributed by atoms with Crippen LogP contribution in [-0.2, 0) is 9.53 Å². The fourth-order valence-electron chi connectivity index (χ4n) is 0.693. The summed E-state index contributed by atoms with van der Waals surface area (Å²) >= 11 is 0. The van der Waals surface area contributed by atoms with Crippen LogP contribution in [0.2, 0.25) is 0 Å². The van der Waals surface area contributed by atoms with Gasteiger partial charge in [-0.1, -0.05) is 5.16 Å². The van der Waals surface area contributed by atoms with Gasteiger partial charge in [0.2, 0.25) is 0 Å². The summed E-state index contributed by atoms with van der Waals surface area (Å²) < 4.78 is 5.61. The Hall–Kier alpha value is -1.92. The third kappa shape index (κ3) is 2.01. The second-order valence-electron chi connectivity index (χ2n) is 1.98. The summed E-state index contributed by atoms with van der Waals surface area (Å²) in [7, 11) is 0. The lowest BCUT2D eigenvalue weighted by Gasteiger charge is -2.01. The van der Waals surface area contributed by atoms with Gasteiger partial charge < -0.3 is 9.94 Å². The van der Waals surface area contributed by atoms with E-state index in [9.17, 15) is 4.79 Å². The van der Waals surface area contributed by atoms with Crippen LogP contribution >= 0.6 is 0 Å². The van der Waals surface area contributed by atoms with Crippen LogP contribution in [0.4, 0.5) is 0 Å². The zero-order valence-electron chi connectivity index (χ0n) is 6.91. The van der Waals surface area contributed by atoms with Gasteiger partial charge >= 0.3 is 5.97 Å². The van der Waals surface area contributed by atoms with Crippen molar-refractivity contribution in [3.8, 4) is 0 Å². The third-order valence-electron chi connectivity index (χ3n) is 1.19. The lowest BCUT2D eigenvalue weighted by Crippen LogP contribution is -2.25. The number of aromatic nitrogens is 3. The minimum Gasteiger partial charge on any atom is -0.460 e. The molecule has 0 spiro atoms. The lowest BCUT2D eigenvalue weighted by atomic mass is 10.6. The number of hydrogen-bond donors (Lipinski definition) is 1. The summed E-state index contributed by atoms with van der Waals surface area (Å²) in [5.74, 6) is -1.07. The fraction of sp³-hybridized carbons (Fsp3) is 0.333. The molecule has 0 aromatic carbocycles. The molecule has 0 radical (unpaired) electrons. The van der Waals surface area contributed by atoms with Gasteiger partial charge in [-0.15, -0.1) is 0 Å². The predicted octanol–water partition coefficient (Wildman–Crippen LogP) is -0.523. The Kier molecular flexibility index (Phi) is 2.96. The first kappa shape index (κ1) is 9.17. The number of hydrogen-bond acceptors (Lipinski definition) is 6. The Morgan fingerprint density at radius 3 is 3.00 bits per heavy atom. The number of oxime groups is 1. The number of rotatable bonds is 1. The normalized spacial score (nSPS) is 11.3. The number of carbonyl (C=O) groups is 1. The van der Waals surface area contributed by atoms with Gasteiger partial charge in [-0.05, 0) is 6.92 Å². The predicted molar refractivity (Wildman–Crippen MR) is 41.3 cm³/mol. The smallest absolute Gasteiger partial charge is 0.379 e. The first-order valence-electron chi connectivity index (χ1n) is 3.53. The van der Waals surface area contributed by atoms with E-state index in [-0.39, 0.29) is 12.4 Å². The average Bonchev–Trinajstić information content (AvgIpc) is 2.59. The molecule has 0 aliphatic carbocycles. The van der Waals surface area contributed by atoms with E-state index < -0.39 is 5.97 Å². The standard InChI is InChI=1S/C6H8N4O3/c1-2-13-6(11)5(9-12)10-4-7-3-8-10/h3-4,12H,2H2,1H3. The molecule has 1 heterocycles. The molecule has 1 aromatic heterocycles. The molecule has 0 saturated heterocycles. The highest BCUT2D eigenvalue weighted by molar-refractivity contribution is 6.35. The van der Waals surface area contributed by atoms with Crippen molar-refractivity contribution >= 4 is 11.8 Å². The maximum atomic E-state index is 11.1. The molecule has 7 heteroatoms. The zero-order valence-corrected chi connectivity index (χ0v) is 6.91. The van der Waals surface area contributed by atoms with E-state index in [1.165, 1.54) is 12.7 Å². The van der Waals surface area contributed by atoms with Crippen molar-refractivity contribution in [2.45, 2.75) is 6.92 Å². The lowest BCUT2D eigenvalue weighted by molar-refractivity contribution is -0.135. The fourth-order valence-corrected chi connectivity index (χ4v) is 0.693. The minimum atomic E-state index is -0.754. The number of nitrogens with zero attached hydrogens (tertiary/aromatic N) is 4. The highest BCUT2D eigenvalue weighted by Gasteiger charge is 2.15. The van der Waals surface area contributed by atoms with Crippen LogP contribution in [0.3, 0.4) is 0 Å². The highest BCUT2D eigenvalue weighted by atomic mass is 16.5. The summed E-state index contributed by atoms with van der Waals surface area (Å²) in [5, 5.41) is 14.8. The molecule has 0 bridgehead atoms. The summed E-state index contributed by atoms with van der Waals surface area (Å²) in [6, 6.07) is 0. The SMILES string of the molecule is CCOC(=O)C(=NO)n1cncn1. The molecule has 0 saturated carbocycles. The molecule has 0 fully saturated rings. The second kappa shape index (κ2) is 4.19. The van der Waals surface area contributed by atoms with E-state index in [2.05, 4.69) is 20.0 Å². The molecule has 1 aromatic rings. The van der Waals surface area contributed by atoms with Crippen molar-refractivity contribution in [3.05, 3.63) is 12.7 Å². The molecule has 0 unspecified atom stereocenters. The molecular formula is C6H8N4O3. The molecule has 1 N–H and O–H groups in total. The van der Waals surface area contributed by atoms with Crippen LogP contribution in [0.15, 0.2) is 17.8 Å². The van der Waals surface area contributed by atoms with E-state index in [0.717, 1.165) is 4.68 Å². The minimum absolute atomic E-state index is 0.201. The third-order valence-corrected chi connectivity index (χ3v) is 1.19. The van der Waals surface area contributed by atoms with Crippen LogP contribution in [0, 0.1) is 0 Å². The Morgan fingerprint density at radius 1 is 1.77 bits per heavy atom. The first-order chi connectivity index (χ1) is 6.29. The highest BCUT2D eigenvalue weighted by Crippen LogP contribution is 1.88. The Balaban J connectivity index is 2.82. The average molecular weight is 184 g/mol. The maximum Gasteiger partial charge on any atom is 0.379 e. The van der Waals surface area contributed by atoms with Crippen LogP contribution in [0.25, 0.3) is 0 Å².